The van der Waals surface area contributed by atoms with E-state index in [9.17, 15) is 9.90 Å². The zero-order valence-electron chi connectivity index (χ0n) is 15.8. The number of benzene rings is 2. The van der Waals surface area contributed by atoms with Gasteiger partial charge in [-0.15, -0.1) is 0 Å². The van der Waals surface area contributed by atoms with Crippen LogP contribution in [0, 0.1) is 0 Å². The normalized spacial score (nSPS) is 11.1. The molecule has 0 bridgehead atoms. The van der Waals surface area contributed by atoms with Gasteiger partial charge in [-0.3, -0.25) is 4.79 Å². The number of aliphatic hydroxyl groups excluding tert-OH is 1. The summed E-state index contributed by atoms with van der Waals surface area (Å²) in [6, 6.07) is 13.1. The topological polar surface area (TPSA) is 65.0 Å². The number of aliphatic hydroxyl groups is 1. The first kappa shape index (κ1) is 21.3. The fourth-order valence-electron chi connectivity index (χ4n) is 2.51. The van der Waals surface area contributed by atoms with Crippen molar-refractivity contribution in [2.45, 2.75) is 32.3 Å². The van der Waals surface area contributed by atoms with E-state index in [1.807, 2.05) is 30.3 Å². The van der Waals surface area contributed by atoms with E-state index in [1.54, 1.807) is 33.1 Å². The van der Waals surface area contributed by atoms with Gasteiger partial charge in [-0.2, -0.15) is 0 Å². The predicted octanol–water partition coefficient (Wildman–Crippen LogP) is 4.24. The van der Waals surface area contributed by atoms with Crippen molar-refractivity contribution in [3.05, 3.63) is 58.1 Å². The van der Waals surface area contributed by atoms with Gasteiger partial charge in [0.2, 0.25) is 0 Å². The third-order valence-electron chi connectivity index (χ3n) is 4.27. The number of hydrogen-bond donors (Lipinski definition) is 1. The van der Waals surface area contributed by atoms with Crippen molar-refractivity contribution in [1.82, 2.24) is 0 Å². The first-order chi connectivity index (χ1) is 12.9. The predicted molar refractivity (Wildman–Crippen MR) is 107 cm³/mol. The zero-order chi connectivity index (χ0) is 19.9. The lowest BCUT2D eigenvalue weighted by Crippen LogP contribution is -2.31. The highest BCUT2D eigenvalue weighted by atomic mass is 79.9. The van der Waals surface area contributed by atoms with Crippen LogP contribution >= 0.6 is 15.9 Å². The van der Waals surface area contributed by atoms with Crippen LogP contribution in [0.25, 0.3) is 0 Å². The molecule has 0 amide bonds. The number of hydrogen-bond acceptors (Lipinski definition) is 5. The van der Waals surface area contributed by atoms with Crippen molar-refractivity contribution in [3.63, 3.8) is 0 Å². The quantitative estimate of drug-likeness (QED) is 0.470. The van der Waals surface area contributed by atoms with Crippen LogP contribution in [-0.2, 0) is 21.6 Å². The number of esters is 1. The van der Waals surface area contributed by atoms with Crippen molar-refractivity contribution in [2.75, 3.05) is 20.3 Å². The van der Waals surface area contributed by atoms with Gasteiger partial charge in [0, 0.05) is 6.42 Å². The van der Waals surface area contributed by atoms with E-state index < -0.39 is 5.41 Å². The summed E-state index contributed by atoms with van der Waals surface area (Å²) in [5, 5.41) is 9.55. The molecule has 0 aromatic heterocycles. The summed E-state index contributed by atoms with van der Waals surface area (Å²) >= 11 is 3.40. The number of halogens is 1. The fourth-order valence-corrected chi connectivity index (χ4v) is 3.02. The maximum atomic E-state index is 12.6. The summed E-state index contributed by atoms with van der Waals surface area (Å²) in [5.41, 5.74) is 0.497. The molecule has 0 saturated heterocycles. The molecule has 6 heteroatoms. The van der Waals surface area contributed by atoms with E-state index >= 15 is 0 Å². The Morgan fingerprint density at radius 2 is 1.85 bits per heavy atom. The van der Waals surface area contributed by atoms with E-state index in [0.717, 1.165) is 11.3 Å². The molecule has 0 aliphatic heterocycles. The number of rotatable bonds is 9. The van der Waals surface area contributed by atoms with Crippen LogP contribution in [-0.4, -0.2) is 31.4 Å². The Labute approximate surface area is 168 Å². The van der Waals surface area contributed by atoms with E-state index in [1.165, 1.54) is 0 Å². The summed E-state index contributed by atoms with van der Waals surface area (Å²) < 4.78 is 17.0. The van der Waals surface area contributed by atoms with Gasteiger partial charge in [-0.05, 0) is 59.1 Å². The Hall–Kier alpha value is -2.05. The van der Waals surface area contributed by atoms with Gasteiger partial charge >= 0.3 is 5.97 Å². The molecule has 5 nitrogen and oxygen atoms in total. The van der Waals surface area contributed by atoms with Gasteiger partial charge in [-0.1, -0.05) is 24.3 Å². The van der Waals surface area contributed by atoms with Crippen LogP contribution in [0.5, 0.6) is 11.5 Å². The van der Waals surface area contributed by atoms with Gasteiger partial charge in [0.15, 0.2) is 0 Å². The van der Waals surface area contributed by atoms with Crippen LogP contribution < -0.4 is 9.47 Å². The van der Waals surface area contributed by atoms with Crippen molar-refractivity contribution >= 4 is 21.9 Å². The standard InChI is InChI=1S/C21H25BrO5/c1-21(2,16-12-15(14-23)19(22)18(13-16)25-3)20(24)27-11-7-10-26-17-8-5-4-6-9-17/h4-6,8-9,12-13,23H,7,10-11,14H2,1-3H3. The molecule has 2 aromatic carbocycles. The second kappa shape index (κ2) is 9.76. The Morgan fingerprint density at radius 1 is 1.15 bits per heavy atom. The second-order valence-electron chi connectivity index (χ2n) is 6.59. The summed E-state index contributed by atoms with van der Waals surface area (Å²) in [7, 11) is 1.54. The number of para-hydroxylation sites is 1. The third-order valence-corrected chi connectivity index (χ3v) is 5.17. The fraction of sp³-hybridized carbons (Fsp3) is 0.381. The molecular formula is C21H25BrO5. The van der Waals surface area contributed by atoms with E-state index in [-0.39, 0.29) is 19.2 Å². The number of methoxy groups -OCH3 is 1. The Morgan fingerprint density at radius 3 is 2.48 bits per heavy atom. The molecule has 0 radical (unpaired) electrons. The molecule has 2 rings (SSSR count). The summed E-state index contributed by atoms with van der Waals surface area (Å²) in [6.07, 6.45) is 0.599. The monoisotopic (exact) mass is 436 g/mol. The molecule has 0 atom stereocenters. The average molecular weight is 437 g/mol. The molecule has 1 N–H and O–H groups in total. The minimum absolute atomic E-state index is 0.160. The molecule has 0 saturated carbocycles. The molecular weight excluding hydrogens is 412 g/mol. The van der Waals surface area contributed by atoms with Crippen molar-refractivity contribution in [1.29, 1.82) is 0 Å². The highest BCUT2D eigenvalue weighted by Crippen LogP contribution is 2.35. The number of carbonyl (C=O) groups excluding carboxylic acids is 1. The maximum absolute atomic E-state index is 12.6. The minimum Gasteiger partial charge on any atom is -0.496 e. The smallest absolute Gasteiger partial charge is 0.315 e. The van der Waals surface area contributed by atoms with Crippen LogP contribution in [0.15, 0.2) is 46.9 Å². The van der Waals surface area contributed by atoms with Gasteiger partial charge in [0.05, 0.1) is 36.8 Å². The molecule has 0 heterocycles. The second-order valence-corrected chi connectivity index (χ2v) is 7.38. The number of carbonyl (C=O) groups is 1. The van der Waals surface area contributed by atoms with E-state index in [0.29, 0.717) is 28.8 Å². The highest BCUT2D eigenvalue weighted by molar-refractivity contribution is 9.10. The van der Waals surface area contributed by atoms with E-state index in [4.69, 9.17) is 14.2 Å². The van der Waals surface area contributed by atoms with Crippen molar-refractivity contribution < 1.29 is 24.1 Å². The molecule has 0 aliphatic rings. The molecule has 0 spiro atoms. The Kier molecular flexibility index (Phi) is 7.68. The molecule has 0 unspecified atom stereocenters. The third kappa shape index (κ3) is 5.47. The Balaban J connectivity index is 1.94. The van der Waals surface area contributed by atoms with Crippen LogP contribution in [0.1, 0.15) is 31.4 Å². The SMILES string of the molecule is COc1cc(C(C)(C)C(=O)OCCCOc2ccccc2)cc(CO)c1Br. The highest BCUT2D eigenvalue weighted by Gasteiger charge is 2.33. The molecule has 0 fully saturated rings. The first-order valence-electron chi connectivity index (χ1n) is 8.73. The summed E-state index contributed by atoms with van der Waals surface area (Å²) in [5.74, 6) is 1.02. The number of ether oxygens (including phenoxy) is 3. The zero-order valence-corrected chi connectivity index (χ0v) is 17.4. The lowest BCUT2D eigenvalue weighted by atomic mass is 9.84. The lowest BCUT2D eigenvalue weighted by Gasteiger charge is -2.25. The van der Waals surface area contributed by atoms with Crippen molar-refractivity contribution in [3.8, 4) is 11.5 Å². The minimum atomic E-state index is -0.877. The van der Waals surface area contributed by atoms with Gasteiger partial charge in [0.1, 0.15) is 11.5 Å². The lowest BCUT2D eigenvalue weighted by molar-refractivity contribution is -0.149. The van der Waals surface area contributed by atoms with Crippen LogP contribution in [0.4, 0.5) is 0 Å². The molecule has 0 aliphatic carbocycles. The van der Waals surface area contributed by atoms with Crippen LogP contribution in [0.2, 0.25) is 0 Å². The molecule has 2 aromatic rings. The van der Waals surface area contributed by atoms with Crippen LogP contribution in [0.3, 0.4) is 0 Å². The van der Waals surface area contributed by atoms with Crippen molar-refractivity contribution in [2.24, 2.45) is 0 Å². The van der Waals surface area contributed by atoms with Gasteiger partial charge < -0.3 is 19.3 Å². The van der Waals surface area contributed by atoms with Gasteiger partial charge in [-0.25, -0.2) is 0 Å². The average Bonchev–Trinajstić information content (AvgIpc) is 2.68. The summed E-state index contributed by atoms with van der Waals surface area (Å²) in [4.78, 5) is 12.6. The first-order valence-corrected chi connectivity index (χ1v) is 9.52. The maximum Gasteiger partial charge on any atom is 0.315 e. The van der Waals surface area contributed by atoms with E-state index in [2.05, 4.69) is 15.9 Å². The summed E-state index contributed by atoms with van der Waals surface area (Å²) in [6.45, 7) is 4.17. The molecule has 27 heavy (non-hydrogen) atoms. The molecule has 146 valence electrons. The van der Waals surface area contributed by atoms with Gasteiger partial charge in [0.25, 0.3) is 0 Å². The largest absolute Gasteiger partial charge is 0.496 e. The Bertz CT molecular complexity index is 733.